The van der Waals surface area contributed by atoms with Crippen molar-refractivity contribution < 1.29 is 0 Å². The standard InChI is InChI=1S/C22H27N3O/c1-24(2)21(16-8-4-3-5-9-16)17-12-14-18(15-13-17)25-20-11-7-6-10-19(20)23-22(25)26/h6-7,10-16,21H,3-5,8-9H2,1-2H3,(H,23,26). The van der Waals surface area contributed by atoms with Crippen molar-refractivity contribution >= 4 is 11.0 Å². The second-order valence-electron chi connectivity index (χ2n) is 7.68. The van der Waals surface area contributed by atoms with E-state index in [1.165, 1.54) is 37.7 Å². The van der Waals surface area contributed by atoms with Crippen molar-refractivity contribution in [3.8, 4) is 5.69 Å². The predicted molar refractivity (Wildman–Crippen MR) is 107 cm³/mol. The first-order chi connectivity index (χ1) is 12.6. The molecule has 4 heteroatoms. The molecule has 1 fully saturated rings. The summed E-state index contributed by atoms with van der Waals surface area (Å²) in [4.78, 5) is 17.7. The van der Waals surface area contributed by atoms with Gasteiger partial charge in [-0.3, -0.25) is 4.57 Å². The predicted octanol–water partition coefficient (Wildman–Crippen LogP) is 4.50. The molecule has 0 spiro atoms. The Morgan fingerprint density at radius 2 is 1.69 bits per heavy atom. The normalized spacial score (nSPS) is 17.0. The molecular formula is C22H27N3O. The summed E-state index contributed by atoms with van der Waals surface area (Å²) in [5.74, 6) is 0.723. The Morgan fingerprint density at radius 1 is 1.00 bits per heavy atom. The molecule has 2 aromatic carbocycles. The van der Waals surface area contributed by atoms with Gasteiger partial charge < -0.3 is 9.88 Å². The van der Waals surface area contributed by atoms with Crippen LogP contribution in [0.15, 0.2) is 53.3 Å². The number of imidazole rings is 1. The molecule has 1 unspecified atom stereocenters. The minimum absolute atomic E-state index is 0.0876. The molecule has 4 nitrogen and oxygen atoms in total. The molecule has 1 heterocycles. The van der Waals surface area contributed by atoms with Crippen LogP contribution in [0.25, 0.3) is 16.7 Å². The van der Waals surface area contributed by atoms with Crippen molar-refractivity contribution in [1.82, 2.24) is 14.5 Å². The fourth-order valence-corrected chi connectivity index (χ4v) is 4.57. The number of rotatable bonds is 4. The van der Waals surface area contributed by atoms with Crippen LogP contribution >= 0.6 is 0 Å². The third-order valence-electron chi connectivity index (χ3n) is 5.74. The number of H-pyrrole nitrogens is 1. The lowest BCUT2D eigenvalue weighted by atomic mass is 9.80. The molecule has 0 aliphatic heterocycles. The molecule has 1 aliphatic rings. The fourth-order valence-electron chi connectivity index (χ4n) is 4.57. The lowest BCUT2D eigenvalue weighted by Crippen LogP contribution is -2.29. The van der Waals surface area contributed by atoms with Crippen molar-refractivity contribution in [3.63, 3.8) is 0 Å². The molecule has 0 radical (unpaired) electrons. The number of aromatic amines is 1. The number of benzene rings is 2. The Bertz CT molecular complexity index is 930. The third kappa shape index (κ3) is 3.10. The van der Waals surface area contributed by atoms with Crippen LogP contribution in [0.1, 0.15) is 43.7 Å². The maximum atomic E-state index is 12.4. The Balaban J connectivity index is 1.69. The maximum Gasteiger partial charge on any atom is 0.331 e. The van der Waals surface area contributed by atoms with Gasteiger partial charge in [0.15, 0.2) is 0 Å². The zero-order chi connectivity index (χ0) is 18.1. The van der Waals surface area contributed by atoms with Crippen molar-refractivity contribution in [2.75, 3.05) is 14.1 Å². The van der Waals surface area contributed by atoms with E-state index in [1.807, 2.05) is 24.3 Å². The van der Waals surface area contributed by atoms with E-state index >= 15 is 0 Å². The Kier molecular flexibility index (Phi) is 4.68. The first kappa shape index (κ1) is 17.1. The van der Waals surface area contributed by atoms with E-state index in [4.69, 9.17) is 0 Å². The van der Waals surface area contributed by atoms with Gasteiger partial charge in [0.2, 0.25) is 0 Å². The third-order valence-corrected chi connectivity index (χ3v) is 5.74. The topological polar surface area (TPSA) is 41.0 Å². The summed E-state index contributed by atoms with van der Waals surface area (Å²) in [6.07, 6.45) is 6.69. The van der Waals surface area contributed by atoms with Crippen LogP contribution in [0, 0.1) is 5.92 Å². The quantitative estimate of drug-likeness (QED) is 0.753. The Morgan fingerprint density at radius 3 is 2.38 bits per heavy atom. The minimum Gasteiger partial charge on any atom is -0.305 e. The van der Waals surface area contributed by atoms with Gasteiger partial charge in [-0.05, 0) is 62.7 Å². The van der Waals surface area contributed by atoms with E-state index in [2.05, 4.69) is 48.2 Å². The second kappa shape index (κ2) is 7.12. The molecule has 0 amide bonds. The summed E-state index contributed by atoms with van der Waals surface area (Å²) < 4.78 is 1.75. The molecule has 1 atom stereocenters. The van der Waals surface area contributed by atoms with Gasteiger partial charge in [-0.25, -0.2) is 4.79 Å². The number of nitrogens with one attached hydrogen (secondary N) is 1. The van der Waals surface area contributed by atoms with Crippen molar-refractivity contribution in [2.45, 2.75) is 38.1 Å². The molecule has 1 aliphatic carbocycles. The van der Waals surface area contributed by atoms with E-state index in [9.17, 15) is 4.79 Å². The minimum atomic E-state index is -0.0876. The van der Waals surface area contributed by atoms with Crippen LogP contribution in [0.5, 0.6) is 0 Å². The van der Waals surface area contributed by atoms with E-state index < -0.39 is 0 Å². The van der Waals surface area contributed by atoms with Gasteiger partial charge in [-0.15, -0.1) is 0 Å². The van der Waals surface area contributed by atoms with Crippen LogP contribution in [0.4, 0.5) is 0 Å². The maximum absolute atomic E-state index is 12.4. The summed E-state index contributed by atoms with van der Waals surface area (Å²) in [5.41, 5.74) is 3.96. The Hall–Kier alpha value is -2.33. The molecule has 0 bridgehead atoms. The number of para-hydroxylation sites is 2. The van der Waals surface area contributed by atoms with Crippen molar-refractivity contribution in [1.29, 1.82) is 0 Å². The highest BCUT2D eigenvalue weighted by Crippen LogP contribution is 2.37. The van der Waals surface area contributed by atoms with Gasteiger partial charge >= 0.3 is 5.69 Å². The number of hydrogen-bond donors (Lipinski definition) is 1. The lowest BCUT2D eigenvalue weighted by Gasteiger charge is -2.35. The van der Waals surface area contributed by atoms with E-state index in [-0.39, 0.29) is 5.69 Å². The van der Waals surface area contributed by atoms with Gasteiger partial charge in [0, 0.05) is 6.04 Å². The molecule has 1 aromatic heterocycles. The van der Waals surface area contributed by atoms with Gasteiger partial charge in [0.1, 0.15) is 0 Å². The van der Waals surface area contributed by atoms with Crippen LogP contribution in [0.3, 0.4) is 0 Å². The van der Waals surface area contributed by atoms with E-state index in [0.717, 1.165) is 22.6 Å². The molecule has 26 heavy (non-hydrogen) atoms. The van der Waals surface area contributed by atoms with Gasteiger partial charge in [-0.1, -0.05) is 43.5 Å². The van der Waals surface area contributed by atoms with Crippen molar-refractivity contribution in [2.24, 2.45) is 5.92 Å². The van der Waals surface area contributed by atoms with Crippen LogP contribution in [0.2, 0.25) is 0 Å². The number of hydrogen-bond acceptors (Lipinski definition) is 2. The molecule has 1 N–H and O–H groups in total. The SMILES string of the molecule is CN(C)C(c1ccc(-n2c(=O)[nH]c3ccccc32)cc1)C1CCCCC1. The number of nitrogens with zero attached hydrogens (tertiary/aromatic N) is 2. The van der Waals surface area contributed by atoms with Crippen LogP contribution < -0.4 is 5.69 Å². The van der Waals surface area contributed by atoms with Crippen LogP contribution in [-0.4, -0.2) is 28.5 Å². The summed E-state index contributed by atoms with van der Waals surface area (Å²) in [7, 11) is 4.36. The highest BCUT2D eigenvalue weighted by molar-refractivity contribution is 5.77. The molecule has 1 saturated carbocycles. The zero-order valence-electron chi connectivity index (χ0n) is 15.6. The molecule has 136 valence electrons. The highest BCUT2D eigenvalue weighted by atomic mass is 16.1. The zero-order valence-corrected chi connectivity index (χ0v) is 15.6. The second-order valence-corrected chi connectivity index (χ2v) is 7.68. The molecule has 0 saturated heterocycles. The fraction of sp³-hybridized carbons (Fsp3) is 0.409. The summed E-state index contributed by atoms with van der Waals surface area (Å²) in [5, 5.41) is 0. The van der Waals surface area contributed by atoms with Gasteiger partial charge in [0.25, 0.3) is 0 Å². The van der Waals surface area contributed by atoms with Gasteiger partial charge in [0.05, 0.1) is 16.7 Å². The highest BCUT2D eigenvalue weighted by Gasteiger charge is 2.26. The first-order valence-electron chi connectivity index (χ1n) is 9.61. The largest absolute Gasteiger partial charge is 0.331 e. The molecular weight excluding hydrogens is 322 g/mol. The smallest absolute Gasteiger partial charge is 0.305 e. The average Bonchev–Trinajstić information content (AvgIpc) is 2.99. The molecule has 4 rings (SSSR count). The van der Waals surface area contributed by atoms with Gasteiger partial charge in [-0.2, -0.15) is 0 Å². The van der Waals surface area contributed by atoms with Crippen molar-refractivity contribution in [3.05, 3.63) is 64.6 Å². The van der Waals surface area contributed by atoms with Crippen LogP contribution in [-0.2, 0) is 0 Å². The number of aromatic nitrogens is 2. The Labute approximate surface area is 154 Å². The monoisotopic (exact) mass is 349 g/mol. The van der Waals surface area contributed by atoms with E-state index in [0.29, 0.717) is 6.04 Å². The molecule has 3 aromatic rings. The lowest BCUT2D eigenvalue weighted by molar-refractivity contribution is 0.171. The summed E-state index contributed by atoms with van der Waals surface area (Å²) >= 11 is 0. The summed E-state index contributed by atoms with van der Waals surface area (Å²) in [6.45, 7) is 0. The first-order valence-corrected chi connectivity index (χ1v) is 9.61. The van der Waals surface area contributed by atoms with E-state index in [1.54, 1.807) is 4.57 Å². The average molecular weight is 349 g/mol. The number of fused-ring (bicyclic) bond motifs is 1. The summed E-state index contributed by atoms with van der Waals surface area (Å²) in [6, 6.07) is 16.8.